The van der Waals surface area contributed by atoms with Crippen LogP contribution in [0.3, 0.4) is 0 Å². The molecule has 0 unspecified atom stereocenters. The zero-order chi connectivity index (χ0) is 15.0. The fourth-order valence-electron chi connectivity index (χ4n) is 2.55. The van der Waals surface area contributed by atoms with Gasteiger partial charge in [0.05, 0.1) is 6.61 Å². The predicted molar refractivity (Wildman–Crippen MR) is 91.5 cm³/mol. The van der Waals surface area contributed by atoms with Crippen LogP contribution in [-0.2, 0) is 16.1 Å². The molecule has 1 aromatic heterocycles. The number of fused-ring (bicyclic) bond motifs is 3. The van der Waals surface area contributed by atoms with Crippen LogP contribution in [0.2, 0.25) is 0 Å². The van der Waals surface area contributed by atoms with E-state index in [9.17, 15) is 4.79 Å². The van der Waals surface area contributed by atoms with Crippen molar-refractivity contribution in [3.8, 4) is 0 Å². The Hall–Kier alpha value is -1.33. The van der Waals surface area contributed by atoms with E-state index in [1.54, 1.807) is 0 Å². The Bertz CT molecular complexity index is 780. The largest absolute Gasteiger partial charge is 0.465 e. The van der Waals surface area contributed by atoms with Gasteiger partial charge in [0, 0.05) is 30.8 Å². The van der Waals surface area contributed by atoms with Crippen molar-refractivity contribution in [2.24, 2.45) is 0 Å². The van der Waals surface area contributed by atoms with Gasteiger partial charge in [-0.2, -0.15) is 0 Å². The van der Waals surface area contributed by atoms with Gasteiger partial charge in [-0.05, 0) is 43.3 Å². The zero-order valence-corrected chi connectivity index (χ0v) is 14.6. The molecule has 0 radical (unpaired) electrons. The van der Waals surface area contributed by atoms with Crippen LogP contribution in [0, 0.1) is 0 Å². The van der Waals surface area contributed by atoms with Crippen molar-refractivity contribution in [1.82, 2.24) is 4.57 Å². The van der Waals surface area contributed by atoms with Crippen LogP contribution in [0.25, 0.3) is 21.8 Å². The fourth-order valence-corrected chi connectivity index (χ4v) is 3.28. The van der Waals surface area contributed by atoms with E-state index in [4.69, 9.17) is 4.74 Å². The van der Waals surface area contributed by atoms with Gasteiger partial charge in [-0.15, -0.1) is 0 Å². The molecule has 0 saturated heterocycles. The first-order valence-corrected chi connectivity index (χ1v) is 8.21. The van der Waals surface area contributed by atoms with E-state index in [1.807, 2.05) is 35.8 Å². The zero-order valence-electron chi connectivity index (χ0n) is 11.4. The minimum absolute atomic E-state index is 0.219. The molecule has 3 rings (SSSR count). The van der Waals surface area contributed by atoms with Crippen molar-refractivity contribution < 1.29 is 9.53 Å². The van der Waals surface area contributed by atoms with Gasteiger partial charge in [-0.25, -0.2) is 0 Å². The molecule has 0 aliphatic heterocycles. The molecule has 0 aliphatic carbocycles. The van der Waals surface area contributed by atoms with E-state index in [2.05, 4.69) is 44.0 Å². The van der Waals surface area contributed by atoms with Crippen LogP contribution in [0.4, 0.5) is 0 Å². The molecule has 0 N–H and O–H groups in total. The van der Waals surface area contributed by atoms with Crippen LogP contribution in [0.5, 0.6) is 0 Å². The van der Waals surface area contributed by atoms with Crippen LogP contribution in [-0.4, -0.2) is 17.1 Å². The van der Waals surface area contributed by atoms with Crippen molar-refractivity contribution in [3.05, 3.63) is 45.3 Å². The minimum Gasteiger partial charge on any atom is -0.465 e. The Kier molecular flexibility index (Phi) is 4.04. The van der Waals surface area contributed by atoms with E-state index in [0.29, 0.717) is 6.61 Å². The third-order valence-corrected chi connectivity index (χ3v) is 4.37. The maximum Gasteiger partial charge on any atom is 0.325 e. The van der Waals surface area contributed by atoms with Gasteiger partial charge in [0.25, 0.3) is 0 Å². The smallest absolute Gasteiger partial charge is 0.325 e. The van der Waals surface area contributed by atoms with Gasteiger partial charge in [0.15, 0.2) is 0 Å². The molecule has 0 saturated carbocycles. The number of aromatic nitrogens is 1. The lowest BCUT2D eigenvalue weighted by Gasteiger charge is -2.07. The monoisotopic (exact) mass is 409 g/mol. The third kappa shape index (κ3) is 2.72. The number of benzene rings is 2. The average Bonchev–Trinajstić information content (AvgIpc) is 2.72. The molecule has 0 aliphatic rings. The normalized spacial score (nSPS) is 11.2. The number of halogens is 2. The van der Waals surface area contributed by atoms with Gasteiger partial charge in [-0.1, -0.05) is 31.9 Å². The molecule has 3 aromatic rings. The van der Waals surface area contributed by atoms with Gasteiger partial charge in [0.2, 0.25) is 0 Å². The molecule has 2 aromatic carbocycles. The highest BCUT2D eigenvalue weighted by Gasteiger charge is 2.14. The standard InChI is InChI=1S/C16H13Br2NO2/c1-2-21-16(20)9-19-14-5-3-10(17)7-12(14)13-8-11(18)4-6-15(13)19/h3-8H,2,9H2,1H3. The summed E-state index contributed by atoms with van der Waals surface area (Å²) in [4.78, 5) is 11.9. The topological polar surface area (TPSA) is 31.2 Å². The number of rotatable bonds is 3. The minimum atomic E-state index is -0.220. The highest BCUT2D eigenvalue weighted by Crippen LogP contribution is 2.32. The van der Waals surface area contributed by atoms with E-state index < -0.39 is 0 Å². The summed E-state index contributed by atoms with van der Waals surface area (Å²) in [5, 5.41) is 2.23. The summed E-state index contributed by atoms with van der Waals surface area (Å²) in [5.74, 6) is -0.220. The van der Waals surface area contributed by atoms with Gasteiger partial charge < -0.3 is 9.30 Å². The number of nitrogens with zero attached hydrogens (tertiary/aromatic N) is 1. The van der Waals surface area contributed by atoms with E-state index in [0.717, 1.165) is 30.8 Å². The first kappa shape index (κ1) is 14.6. The molecule has 0 fully saturated rings. The van der Waals surface area contributed by atoms with Crippen molar-refractivity contribution in [3.63, 3.8) is 0 Å². The Morgan fingerprint density at radius 3 is 2.05 bits per heavy atom. The fraction of sp³-hybridized carbons (Fsp3) is 0.188. The molecular weight excluding hydrogens is 398 g/mol. The number of ether oxygens (including phenoxy) is 1. The Labute approximate surface area is 139 Å². The SMILES string of the molecule is CCOC(=O)Cn1c2ccc(Br)cc2c2cc(Br)ccc21. The second-order valence-electron chi connectivity index (χ2n) is 4.71. The van der Waals surface area contributed by atoms with Crippen LogP contribution in [0.15, 0.2) is 45.3 Å². The quantitative estimate of drug-likeness (QED) is 0.576. The van der Waals surface area contributed by atoms with Gasteiger partial charge >= 0.3 is 5.97 Å². The molecule has 0 bridgehead atoms. The summed E-state index contributed by atoms with van der Waals surface area (Å²) in [6.45, 7) is 2.43. The van der Waals surface area contributed by atoms with Crippen molar-refractivity contribution in [1.29, 1.82) is 0 Å². The molecule has 0 spiro atoms. The maximum atomic E-state index is 11.9. The highest BCUT2D eigenvalue weighted by atomic mass is 79.9. The van der Waals surface area contributed by atoms with Crippen molar-refractivity contribution in [2.45, 2.75) is 13.5 Å². The summed E-state index contributed by atoms with van der Waals surface area (Å²) in [6, 6.07) is 12.2. The molecule has 0 atom stereocenters. The Balaban J connectivity index is 2.27. The lowest BCUT2D eigenvalue weighted by molar-refractivity contribution is -0.143. The third-order valence-electron chi connectivity index (χ3n) is 3.38. The van der Waals surface area contributed by atoms with Crippen LogP contribution < -0.4 is 0 Å². The molecule has 1 heterocycles. The van der Waals surface area contributed by atoms with Crippen LogP contribution >= 0.6 is 31.9 Å². The lowest BCUT2D eigenvalue weighted by Crippen LogP contribution is -2.13. The summed E-state index contributed by atoms with van der Waals surface area (Å²) in [7, 11) is 0. The van der Waals surface area contributed by atoms with Gasteiger partial charge in [-0.3, -0.25) is 4.79 Å². The molecule has 5 heteroatoms. The van der Waals surface area contributed by atoms with Crippen molar-refractivity contribution >= 4 is 59.6 Å². The summed E-state index contributed by atoms with van der Waals surface area (Å²) >= 11 is 7.02. The number of hydrogen-bond donors (Lipinski definition) is 0. The first-order valence-electron chi connectivity index (χ1n) is 6.63. The first-order chi connectivity index (χ1) is 10.1. The number of hydrogen-bond acceptors (Lipinski definition) is 2. The highest BCUT2D eigenvalue weighted by molar-refractivity contribution is 9.10. The molecule has 3 nitrogen and oxygen atoms in total. The van der Waals surface area contributed by atoms with E-state index >= 15 is 0 Å². The second-order valence-corrected chi connectivity index (χ2v) is 6.55. The lowest BCUT2D eigenvalue weighted by atomic mass is 10.2. The maximum absolute atomic E-state index is 11.9. The molecular formula is C16H13Br2NO2. The van der Waals surface area contributed by atoms with Gasteiger partial charge in [0.1, 0.15) is 6.54 Å². The number of carbonyl (C=O) groups is 1. The second kappa shape index (κ2) is 5.81. The van der Waals surface area contributed by atoms with E-state index in [1.165, 1.54) is 0 Å². The summed E-state index contributed by atoms with van der Waals surface area (Å²) in [6.07, 6.45) is 0. The Morgan fingerprint density at radius 2 is 1.57 bits per heavy atom. The molecule has 21 heavy (non-hydrogen) atoms. The number of esters is 1. The number of carbonyl (C=O) groups excluding carboxylic acids is 1. The molecule has 0 amide bonds. The van der Waals surface area contributed by atoms with Crippen LogP contribution in [0.1, 0.15) is 6.92 Å². The average molecular weight is 411 g/mol. The Morgan fingerprint density at radius 1 is 1.05 bits per heavy atom. The van der Waals surface area contributed by atoms with E-state index in [-0.39, 0.29) is 12.5 Å². The molecule has 108 valence electrons. The van der Waals surface area contributed by atoms with Crippen molar-refractivity contribution in [2.75, 3.05) is 6.61 Å². The summed E-state index contributed by atoms with van der Waals surface area (Å²) < 4.78 is 9.12. The summed E-state index contributed by atoms with van der Waals surface area (Å²) in [5.41, 5.74) is 2.05. The predicted octanol–water partition coefficient (Wildman–Crippen LogP) is 4.88.